The van der Waals surface area contributed by atoms with E-state index < -0.39 is 22.0 Å². The first kappa shape index (κ1) is 42.3. The first-order valence-electron chi connectivity index (χ1n) is 22.1. The molecule has 0 aromatic heterocycles. The van der Waals surface area contributed by atoms with Gasteiger partial charge in [-0.25, -0.2) is 0 Å². The van der Waals surface area contributed by atoms with E-state index in [0.717, 1.165) is 72.9 Å². The number of ketones is 2. The van der Waals surface area contributed by atoms with Crippen molar-refractivity contribution in [3.8, 4) is 17.2 Å². The number of amides is 2. The van der Waals surface area contributed by atoms with Gasteiger partial charge in [0.05, 0.1) is 5.56 Å². The molecule has 8 rings (SSSR count). The smallest absolute Gasteiger partial charge is 0.252 e. The van der Waals surface area contributed by atoms with Crippen LogP contribution in [0, 0.1) is 52.3 Å². The number of rotatable bonds is 6. The Labute approximate surface area is 346 Å². The molecule has 9 nitrogen and oxygen atoms in total. The van der Waals surface area contributed by atoms with Gasteiger partial charge in [-0.2, -0.15) is 0 Å². The van der Waals surface area contributed by atoms with Gasteiger partial charge in [0.2, 0.25) is 0 Å². The Morgan fingerprint density at radius 1 is 0.638 bits per heavy atom. The number of aryl methyl sites for hydroxylation is 1. The van der Waals surface area contributed by atoms with Crippen molar-refractivity contribution in [1.29, 1.82) is 0 Å². The fourth-order valence-electron chi connectivity index (χ4n) is 13.1. The molecule has 0 bridgehead atoms. The zero-order valence-electron chi connectivity index (χ0n) is 37.0. The van der Waals surface area contributed by atoms with Gasteiger partial charge in [0, 0.05) is 82.2 Å². The summed E-state index contributed by atoms with van der Waals surface area (Å²) in [5.41, 5.74) is 2.15. The van der Waals surface area contributed by atoms with E-state index in [2.05, 4.69) is 85.9 Å². The number of nitrogens with one attached hydrogen (secondary N) is 2. The van der Waals surface area contributed by atoms with Crippen molar-refractivity contribution < 1.29 is 33.8 Å². The lowest BCUT2D eigenvalue weighted by atomic mass is 9.45. The Morgan fingerprint density at radius 3 is 1.48 bits per heavy atom. The van der Waals surface area contributed by atoms with Gasteiger partial charge in [0.1, 0.15) is 40.0 Å². The summed E-state index contributed by atoms with van der Waals surface area (Å²) in [6.45, 7) is 25.1. The molecule has 0 saturated heterocycles. The van der Waals surface area contributed by atoms with E-state index in [9.17, 15) is 24.3 Å². The summed E-state index contributed by atoms with van der Waals surface area (Å²) >= 11 is 0. The molecule has 2 aromatic carbocycles. The second-order valence-corrected chi connectivity index (χ2v) is 20.5. The molecule has 0 spiro atoms. The van der Waals surface area contributed by atoms with Crippen LogP contribution in [0.2, 0.25) is 0 Å². The molecule has 3 N–H and O–H groups in total. The Kier molecular flexibility index (Phi) is 10.5. The van der Waals surface area contributed by atoms with Crippen LogP contribution in [0.5, 0.6) is 17.2 Å². The molecule has 4 aliphatic carbocycles. The molecule has 58 heavy (non-hydrogen) atoms. The average Bonchev–Trinajstić information content (AvgIpc) is 3.73. The van der Waals surface area contributed by atoms with E-state index in [1.807, 2.05) is 13.0 Å². The molecule has 316 valence electrons. The number of phenols is 1. The summed E-state index contributed by atoms with van der Waals surface area (Å²) in [5.74, 6) is 3.19. The molecule has 4 fully saturated rings. The van der Waals surface area contributed by atoms with E-state index in [0.29, 0.717) is 67.1 Å². The molecular weight excluding hydrogens is 729 g/mol. The predicted molar refractivity (Wildman–Crippen MR) is 225 cm³/mol. The maximum atomic E-state index is 12.9. The number of aromatic hydroxyl groups is 1. The normalized spacial score (nSPS) is 35.6. The summed E-state index contributed by atoms with van der Waals surface area (Å²) in [6.07, 6.45) is 8.65. The number of Topliss-reactive ketones (excluding diaryl/α,β-unsaturated/α-hetero) is 2. The van der Waals surface area contributed by atoms with Crippen molar-refractivity contribution in [2.24, 2.45) is 45.3 Å². The van der Waals surface area contributed by atoms with Crippen LogP contribution in [0.1, 0.15) is 171 Å². The fraction of sp³-hybridized carbons (Fsp3) is 0.673. The van der Waals surface area contributed by atoms with Crippen LogP contribution < -0.4 is 20.1 Å². The highest BCUT2D eigenvalue weighted by atomic mass is 16.5. The predicted octanol–water partition coefficient (Wildman–Crippen LogP) is 9.81. The highest BCUT2D eigenvalue weighted by Gasteiger charge is 2.67. The maximum absolute atomic E-state index is 12.9. The first-order valence-corrected chi connectivity index (χ1v) is 22.1. The highest BCUT2D eigenvalue weighted by molar-refractivity contribution is 6.00. The van der Waals surface area contributed by atoms with Crippen LogP contribution in [-0.4, -0.2) is 39.7 Å². The van der Waals surface area contributed by atoms with Crippen LogP contribution in [0.25, 0.3) is 0 Å². The molecule has 4 saturated carbocycles. The van der Waals surface area contributed by atoms with Gasteiger partial charge >= 0.3 is 0 Å². The van der Waals surface area contributed by atoms with Crippen molar-refractivity contribution in [3.63, 3.8) is 0 Å². The first-order chi connectivity index (χ1) is 27.1. The molecular formula is C49H68N2O7. The third kappa shape index (κ3) is 6.04. The van der Waals surface area contributed by atoms with Gasteiger partial charge in [-0.15, -0.1) is 0 Å². The molecule has 2 aromatic rings. The van der Waals surface area contributed by atoms with Crippen molar-refractivity contribution in [2.75, 3.05) is 0 Å². The van der Waals surface area contributed by atoms with E-state index in [4.69, 9.17) is 9.47 Å². The SMILES string of the molecule is CCC1(C)C(C)CCC2C(C)(C)C(=O)CCC21Oc1cc(C)cc2c1CNC2=O.CCC1(C)C(C)CCC2C(C)(C)C(=O)CCC21Oc1cc(O)cc2c1CNC2=O. The maximum Gasteiger partial charge on any atom is 0.252 e. The van der Waals surface area contributed by atoms with Gasteiger partial charge in [-0.1, -0.05) is 69.2 Å². The Morgan fingerprint density at radius 2 is 1.05 bits per heavy atom. The fourth-order valence-corrected chi connectivity index (χ4v) is 13.1. The van der Waals surface area contributed by atoms with Crippen molar-refractivity contribution in [1.82, 2.24) is 10.6 Å². The highest BCUT2D eigenvalue weighted by Crippen LogP contribution is 2.65. The van der Waals surface area contributed by atoms with Crippen LogP contribution in [0.4, 0.5) is 0 Å². The summed E-state index contributed by atoms with van der Waals surface area (Å²) < 4.78 is 14.1. The number of hydrogen-bond donors (Lipinski definition) is 3. The number of fused-ring (bicyclic) bond motifs is 4. The number of carbonyl (C=O) groups excluding carboxylic acids is 4. The monoisotopic (exact) mass is 797 g/mol. The lowest BCUT2D eigenvalue weighted by Gasteiger charge is -2.63. The number of benzene rings is 2. The lowest BCUT2D eigenvalue weighted by Crippen LogP contribution is -2.67. The van der Waals surface area contributed by atoms with Crippen LogP contribution in [0.3, 0.4) is 0 Å². The van der Waals surface area contributed by atoms with Crippen molar-refractivity contribution >= 4 is 23.4 Å². The van der Waals surface area contributed by atoms with Gasteiger partial charge in [0.15, 0.2) is 0 Å². The van der Waals surface area contributed by atoms with Crippen molar-refractivity contribution in [3.05, 3.63) is 52.1 Å². The number of carbonyl (C=O) groups is 4. The van der Waals surface area contributed by atoms with Gasteiger partial charge in [-0.3, -0.25) is 19.2 Å². The van der Waals surface area contributed by atoms with Gasteiger partial charge in [-0.05, 0) is 93.9 Å². The Hall–Kier alpha value is -3.88. The molecule has 8 unspecified atom stereocenters. The summed E-state index contributed by atoms with van der Waals surface area (Å²) in [4.78, 5) is 50.3. The molecule has 2 heterocycles. The third-order valence-electron chi connectivity index (χ3n) is 17.6. The average molecular weight is 797 g/mol. The zero-order valence-corrected chi connectivity index (χ0v) is 37.0. The van der Waals surface area contributed by atoms with Crippen LogP contribution in [0.15, 0.2) is 24.3 Å². The molecule has 6 aliphatic rings. The second kappa shape index (κ2) is 14.4. The van der Waals surface area contributed by atoms with E-state index in [1.54, 1.807) is 6.07 Å². The van der Waals surface area contributed by atoms with Gasteiger partial charge in [0.25, 0.3) is 11.8 Å². The molecule has 0 radical (unpaired) electrons. The zero-order chi connectivity index (χ0) is 42.4. The molecule has 2 aliphatic heterocycles. The molecule has 2 amide bonds. The quantitative estimate of drug-likeness (QED) is 0.265. The molecule has 8 atom stereocenters. The van der Waals surface area contributed by atoms with Crippen molar-refractivity contribution in [2.45, 2.75) is 165 Å². The minimum absolute atomic E-state index is 0.0167. The summed E-state index contributed by atoms with van der Waals surface area (Å²) in [5, 5.41) is 16.1. The lowest BCUT2D eigenvalue weighted by molar-refractivity contribution is -0.202. The second-order valence-electron chi connectivity index (χ2n) is 20.5. The topological polar surface area (TPSA) is 131 Å². The number of hydrogen-bond acceptors (Lipinski definition) is 7. The van der Waals surface area contributed by atoms with Crippen LogP contribution >= 0.6 is 0 Å². The standard InChI is InChI=1S/C25H35NO3.C24H33NO4/c1-7-24(6)16(3)8-9-20-23(4,5)21(27)10-11-25(20,24)29-19-13-15(2)12-17-18(19)14-26-22(17)28;1-6-23(5)14(2)7-8-19-22(3,4)20(27)9-10-24(19,23)29-18-12-15(26)11-16-17(18)13-25-21(16)28/h12-13,16,20H,7-11,14H2,1-6H3,(H,26,28);11-12,14,19,26H,6-10,13H2,1-5H3,(H,25,28). The molecule has 9 heteroatoms. The Balaban J connectivity index is 0.000000177. The largest absolute Gasteiger partial charge is 0.508 e. The van der Waals surface area contributed by atoms with Gasteiger partial charge < -0.3 is 25.2 Å². The number of ether oxygens (including phenoxy) is 2. The van der Waals surface area contributed by atoms with E-state index in [1.165, 1.54) is 6.07 Å². The minimum Gasteiger partial charge on any atom is -0.508 e. The summed E-state index contributed by atoms with van der Waals surface area (Å²) in [6, 6.07) is 7.19. The van der Waals surface area contributed by atoms with E-state index in [-0.39, 0.29) is 40.2 Å². The third-order valence-corrected chi connectivity index (χ3v) is 17.6. The van der Waals surface area contributed by atoms with Crippen LogP contribution in [-0.2, 0) is 22.7 Å². The minimum atomic E-state index is -0.510. The van der Waals surface area contributed by atoms with E-state index >= 15 is 0 Å². The Bertz CT molecular complexity index is 1890. The summed E-state index contributed by atoms with van der Waals surface area (Å²) in [7, 11) is 0. The number of phenolic OH excluding ortho intramolecular Hbond substituents is 1.